The van der Waals surface area contributed by atoms with Crippen LogP contribution in [0.15, 0.2) is 42.5 Å². The summed E-state index contributed by atoms with van der Waals surface area (Å²) in [4.78, 5) is 14.6. The molecular weight excluding hydrogens is 321 g/mol. The molecule has 1 heterocycles. The van der Waals surface area contributed by atoms with Crippen LogP contribution in [-0.4, -0.2) is 33.6 Å². The van der Waals surface area contributed by atoms with Crippen molar-refractivity contribution >= 4 is 5.91 Å². The number of aromatic hydroxyl groups is 1. The van der Waals surface area contributed by atoms with E-state index in [1.807, 2.05) is 6.92 Å². The Morgan fingerprint density at radius 2 is 2.00 bits per heavy atom. The van der Waals surface area contributed by atoms with E-state index in [9.17, 15) is 19.4 Å². The summed E-state index contributed by atoms with van der Waals surface area (Å²) in [5, 5.41) is 20.2. The number of nitrogens with zero attached hydrogens (tertiary/aromatic N) is 1. The predicted molar refractivity (Wildman–Crippen MR) is 92.9 cm³/mol. The number of benzene rings is 2. The van der Waals surface area contributed by atoms with Crippen LogP contribution < -0.4 is 0 Å². The molecule has 1 aliphatic rings. The van der Waals surface area contributed by atoms with Gasteiger partial charge in [0.25, 0.3) is 5.91 Å². The Kier molecular flexibility index (Phi) is 5.04. The van der Waals surface area contributed by atoms with Crippen molar-refractivity contribution in [3.8, 4) is 5.75 Å². The van der Waals surface area contributed by atoms with E-state index < -0.39 is 6.10 Å². The molecule has 0 spiro atoms. The van der Waals surface area contributed by atoms with Crippen LogP contribution in [0, 0.1) is 12.7 Å². The van der Waals surface area contributed by atoms with Crippen molar-refractivity contribution in [3.05, 3.63) is 65.0 Å². The molecule has 0 radical (unpaired) electrons. The van der Waals surface area contributed by atoms with Crippen molar-refractivity contribution in [3.63, 3.8) is 0 Å². The number of hydrogen-bond acceptors (Lipinski definition) is 3. The summed E-state index contributed by atoms with van der Waals surface area (Å²) in [5.74, 6) is -0.397. The van der Waals surface area contributed by atoms with Gasteiger partial charge in [-0.2, -0.15) is 0 Å². The van der Waals surface area contributed by atoms with Crippen LogP contribution in [0.5, 0.6) is 5.75 Å². The first-order valence-corrected chi connectivity index (χ1v) is 8.49. The largest absolute Gasteiger partial charge is 0.508 e. The molecule has 4 nitrogen and oxygen atoms in total. The minimum Gasteiger partial charge on any atom is -0.508 e. The Hall–Kier alpha value is -2.40. The number of halogens is 1. The second-order valence-corrected chi connectivity index (χ2v) is 6.65. The summed E-state index contributed by atoms with van der Waals surface area (Å²) in [7, 11) is 0. The zero-order chi connectivity index (χ0) is 18.0. The summed E-state index contributed by atoms with van der Waals surface area (Å²) >= 11 is 0. The molecule has 5 heteroatoms. The Labute approximate surface area is 146 Å². The average Bonchev–Trinajstić information content (AvgIpc) is 3.01. The smallest absolute Gasteiger partial charge is 0.254 e. The minimum atomic E-state index is -0.745. The number of carbonyl (C=O) groups excluding carboxylic acids is 1. The van der Waals surface area contributed by atoms with Crippen LogP contribution >= 0.6 is 0 Å². The molecule has 3 rings (SSSR count). The maximum atomic E-state index is 13.0. The lowest BCUT2D eigenvalue weighted by Gasteiger charge is -2.27. The first kappa shape index (κ1) is 17.4. The van der Waals surface area contributed by atoms with Crippen LogP contribution in [0.2, 0.25) is 0 Å². The highest BCUT2D eigenvalue weighted by Gasteiger charge is 2.31. The van der Waals surface area contributed by atoms with Crippen LogP contribution in [-0.2, 0) is 0 Å². The van der Waals surface area contributed by atoms with E-state index in [2.05, 4.69) is 0 Å². The number of likely N-dealkylation sites (tertiary alicyclic amines) is 1. The lowest BCUT2D eigenvalue weighted by Crippen LogP contribution is -2.36. The third-order valence-corrected chi connectivity index (χ3v) is 4.70. The summed E-state index contributed by atoms with van der Waals surface area (Å²) in [6, 6.07) is 10.6. The molecule has 2 aromatic carbocycles. The van der Waals surface area contributed by atoms with Gasteiger partial charge in [0.05, 0.1) is 6.10 Å². The molecular formula is C20H22FNO3. The van der Waals surface area contributed by atoms with Crippen molar-refractivity contribution in [2.24, 2.45) is 0 Å². The van der Waals surface area contributed by atoms with Gasteiger partial charge in [-0.15, -0.1) is 0 Å². The molecule has 25 heavy (non-hydrogen) atoms. The Balaban J connectivity index is 1.73. The molecule has 2 unspecified atom stereocenters. The van der Waals surface area contributed by atoms with E-state index in [-0.39, 0.29) is 23.5 Å². The second-order valence-electron chi connectivity index (χ2n) is 6.65. The molecule has 1 aliphatic heterocycles. The highest BCUT2D eigenvalue weighted by atomic mass is 19.1. The van der Waals surface area contributed by atoms with E-state index in [1.165, 1.54) is 18.2 Å². The standard InChI is InChI=1S/C20H22FNO3/c1-13-9-15(11-18(23)10-13)20(25)22-8-2-3-17(22)12-19(24)14-4-6-16(21)7-5-14/h4-7,9-11,17,19,23-24H,2-3,8,12H2,1H3. The van der Waals surface area contributed by atoms with Gasteiger partial charge in [0.1, 0.15) is 11.6 Å². The van der Waals surface area contributed by atoms with Crippen molar-refractivity contribution in [2.75, 3.05) is 6.54 Å². The summed E-state index contributed by atoms with van der Waals surface area (Å²) < 4.78 is 13.0. The molecule has 2 N–H and O–H groups in total. The van der Waals surface area contributed by atoms with Crippen LogP contribution in [0.3, 0.4) is 0 Å². The molecule has 2 atom stereocenters. The molecule has 0 saturated carbocycles. The SMILES string of the molecule is Cc1cc(O)cc(C(=O)N2CCCC2CC(O)c2ccc(F)cc2)c1. The number of aliphatic hydroxyl groups excluding tert-OH is 1. The number of hydrogen-bond donors (Lipinski definition) is 2. The van der Waals surface area contributed by atoms with E-state index >= 15 is 0 Å². The Bertz CT molecular complexity index is 740. The minimum absolute atomic E-state index is 0.0739. The molecule has 0 bridgehead atoms. The number of carbonyl (C=O) groups is 1. The number of amides is 1. The van der Waals surface area contributed by atoms with Gasteiger partial charge in [-0.25, -0.2) is 4.39 Å². The molecule has 0 aliphatic carbocycles. The first-order chi connectivity index (χ1) is 11.9. The Morgan fingerprint density at radius 3 is 2.68 bits per heavy atom. The molecule has 0 aromatic heterocycles. The van der Waals surface area contributed by atoms with Crippen molar-refractivity contribution in [2.45, 2.75) is 38.3 Å². The second kappa shape index (κ2) is 7.23. The summed E-state index contributed by atoms with van der Waals surface area (Å²) in [6.45, 7) is 2.46. The number of aryl methyl sites for hydroxylation is 1. The van der Waals surface area contributed by atoms with Gasteiger partial charge >= 0.3 is 0 Å². The Morgan fingerprint density at radius 1 is 1.28 bits per heavy atom. The third kappa shape index (κ3) is 3.99. The zero-order valence-electron chi connectivity index (χ0n) is 14.2. The van der Waals surface area contributed by atoms with Gasteiger partial charge in [0.2, 0.25) is 0 Å². The molecule has 2 aromatic rings. The van der Waals surface area contributed by atoms with Gasteiger partial charge in [-0.05, 0) is 67.6 Å². The van der Waals surface area contributed by atoms with Crippen LogP contribution in [0.25, 0.3) is 0 Å². The normalized spacial score (nSPS) is 18.4. The number of phenolic OH excluding ortho intramolecular Hbond substituents is 1. The van der Waals surface area contributed by atoms with Gasteiger partial charge in [-0.1, -0.05) is 12.1 Å². The van der Waals surface area contributed by atoms with Crippen LogP contribution in [0.1, 0.15) is 46.9 Å². The highest BCUT2D eigenvalue weighted by Crippen LogP contribution is 2.29. The molecule has 1 fully saturated rings. The summed E-state index contributed by atoms with van der Waals surface area (Å²) in [6.07, 6.45) is 1.37. The highest BCUT2D eigenvalue weighted by molar-refractivity contribution is 5.95. The maximum absolute atomic E-state index is 13.0. The first-order valence-electron chi connectivity index (χ1n) is 8.49. The van der Waals surface area contributed by atoms with E-state index in [1.54, 1.807) is 29.2 Å². The van der Waals surface area contributed by atoms with Gasteiger partial charge in [-0.3, -0.25) is 4.79 Å². The number of aliphatic hydroxyl groups is 1. The van der Waals surface area contributed by atoms with Gasteiger partial charge < -0.3 is 15.1 Å². The predicted octanol–water partition coefficient (Wildman–Crippen LogP) is 3.57. The molecule has 1 amide bonds. The fourth-order valence-corrected chi connectivity index (χ4v) is 3.48. The quantitative estimate of drug-likeness (QED) is 0.892. The van der Waals surface area contributed by atoms with Crippen molar-refractivity contribution in [1.29, 1.82) is 0 Å². The topological polar surface area (TPSA) is 60.8 Å². The third-order valence-electron chi connectivity index (χ3n) is 4.70. The zero-order valence-corrected chi connectivity index (χ0v) is 14.2. The van der Waals surface area contributed by atoms with Crippen molar-refractivity contribution < 1.29 is 19.4 Å². The summed E-state index contributed by atoms with van der Waals surface area (Å²) in [5.41, 5.74) is 1.93. The average molecular weight is 343 g/mol. The molecule has 132 valence electrons. The lowest BCUT2D eigenvalue weighted by molar-refractivity contribution is 0.0666. The maximum Gasteiger partial charge on any atom is 0.254 e. The fourth-order valence-electron chi connectivity index (χ4n) is 3.48. The van der Waals surface area contributed by atoms with Crippen molar-refractivity contribution in [1.82, 2.24) is 4.90 Å². The monoisotopic (exact) mass is 343 g/mol. The number of rotatable bonds is 4. The van der Waals surface area contributed by atoms with E-state index in [0.29, 0.717) is 24.1 Å². The fraction of sp³-hybridized carbons (Fsp3) is 0.350. The van der Waals surface area contributed by atoms with Gasteiger partial charge in [0.15, 0.2) is 0 Å². The van der Waals surface area contributed by atoms with Crippen LogP contribution in [0.4, 0.5) is 4.39 Å². The molecule has 1 saturated heterocycles. The lowest BCUT2D eigenvalue weighted by atomic mass is 10.00. The van der Waals surface area contributed by atoms with E-state index in [4.69, 9.17) is 0 Å². The van der Waals surface area contributed by atoms with E-state index in [0.717, 1.165) is 18.4 Å². The number of phenols is 1. The van der Waals surface area contributed by atoms with Gasteiger partial charge in [0, 0.05) is 18.2 Å².